The van der Waals surface area contributed by atoms with Gasteiger partial charge in [0, 0.05) is 49.0 Å². The Balaban J connectivity index is 2.31. The molecule has 0 aliphatic heterocycles. The van der Waals surface area contributed by atoms with Crippen molar-refractivity contribution in [1.82, 2.24) is 19.1 Å². The Morgan fingerprint density at radius 1 is 0.962 bits per heavy atom. The lowest BCUT2D eigenvalue weighted by atomic mass is 10.1. The summed E-state index contributed by atoms with van der Waals surface area (Å²) in [5, 5.41) is 0. The first-order valence-corrected chi connectivity index (χ1v) is 7.88. The summed E-state index contributed by atoms with van der Waals surface area (Å²) in [6, 6.07) is 2.44. The molecule has 2 aromatic rings. The van der Waals surface area contributed by atoms with Crippen molar-refractivity contribution in [3.63, 3.8) is 0 Å². The predicted molar refractivity (Wildman–Crippen MR) is 98.3 cm³/mol. The second-order valence-electron chi connectivity index (χ2n) is 5.60. The highest BCUT2D eigenvalue weighted by atomic mass is 16.2. The van der Waals surface area contributed by atoms with Crippen molar-refractivity contribution >= 4 is 12.4 Å². The highest BCUT2D eigenvalue weighted by Crippen LogP contribution is 2.14. The van der Waals surface area contributed by atoms with E-state index in [0.717, 1.165) is 10.1 Å². The van der Waals surface area contributed by atoms with Crippen LogP contribution in [0.5, 0.6) is 0 Å². The van der Waals surface area contributed by atoms with E-state index in [9.17, 15) is 19.2 Å². The Morgan fingerprint density at radius 2 is 1.50 bits per heavy atom. The largest absolute Gasteiger partial charge is 0.401 e. The Kier molecular flexibility index (Phi) is 6.28. The third-order valence-corrected chi connectivity index (χ3v) is 3.46. The Morgan fingerprint density at radius 3 is 2.00 bits per heavy atom. The molecule has 0 radical (unpaired) electrons. The van der Waals surface area contributed by atoms with Crippen LogP contribution in [0, 0.1) is 0 Å². The molecular formula is C16H20N6O4. The molecule has 0 atom stereocenters. The van der Waals surface area contributed by atoms with Gasteiger partial charge in [-0.2, -0.15) is 0 Å². The van der Waals surface area contributed by atoms with Crippen molar-refractivity contribution < 1.29 is 0 Å². The van der Waals surface area contributed by atoms with Crippen molar-refractivity contribution in [2.45, 2.75) is 19.3 Å². The molecule has 26 heavy (non-hydrogen) atoms. The lowest BCUT2D eigenvalue weighted by Crippen LogP contribution is -2.26. The van der Waals surface area contributed by atoms with Gasteiger partial charge >= 0.3 is 11.4 Å². The van der Waals surface area contributed by atoms with Gasteiger partial charge < -0.3 is 11.5 Å². The van der Waals surface area contributed by atoms with Crippen LogP contribution in [-0.2, 0) is 0 Å². The van der Waals surface area contributed by atoms with E-state index in [-0.39, 0.29) is 6.42 Å². The van der Waals surface area contributed by atoms with Gasteiger partial charge in [-0.25, -0.2) is 9.59 Å². The number of nitrogens with zero attached hydrogens (tertiary/aromatic N) is 2. The highest BCUT2D eigenvalue weighted by Gasteiger charge is 2.03. The van der Waals surface area contributed by atoms with Crippen LogP contribution in [0.15, 0.2) is 55.0 Å². The first-order chi connectivity index (χ1) is 12.4. The van der Waals surface area contributed by atoms with Gasteiger partial charge in [0.2, 0.25) is 0 Å². The van der Waals surface area contributed by atoms with Crippen LogP contribution < -0.4 is 34.0 Å². The maximum absolute atomic E-state index is 11.8. The minimum absolute atomic E-state index is 0.275. The summed E-state index contributed by atoms with van der Waals surface area (Å²) in [5.41, 5.74) is 10.5. The molecule has 2 aromatic heterocycles. The molecule has 0 unspecified atom stereocenters. The maximum atomic E-state index is 11.8. The van der Waals surface area contributed by atoms with Crippen LogP contribution in [0.4, 0.5) is 0 Å². The summed E-state index contributed by atoms with van der Waals surface area (Å²) in [4.78, 5) is 50.0. The maximum Gasteiger partial charge on any atom is 0.332 e. The predicted octanol–water partition coefficient (Wildman–Crippen LogP) is -1.19. The van der Waals surface area contributed by atoms with Crippen molar-refractivity contribution in [1.29, 1.82) is 0 Å². The SMILES string of the molecule is NCCC/C(=C\n1ccc(=O)[nH]c1=O)C/C(N)=C/n1ccc(=O)[nH]c1=O. The fourth-order valence-corrected chi connectivity index (χ4v) is 2.27. The fraction of sp³-hybridized carbons (Fsp3) is 0.250. The second-order valence-corrected chi connectivity index (χ2v) is 5.60. The highest BCUT2D eigenvalue weighted by molar-refractivity contribution is 5.38. The Bertz CT molecular complexity index is 1050. The minimum atomic E-state index is -0.607. The van der Waals surface area contributed by atoms with Crippen molar-refractivity contribution in [3.05, 3.63) is 77.5 Å². The topological polar surface area (TPSA) is 162 Å². The molecule has 0 spiro atoms. The van der Waals surface area contributed by atoms with Gasteiger partial charge in [0.05, 0.1) is 0 Å². The Hall–Kier alpha value is -3.40. The van der Waals surface area contributed by atoms with Gasteiger partial charge in [-0.15, -0.1) is 0 Å². The Labute approximate surface area is 147 Å². The van der Waals surface area contributed by atoms with Crippen LogP contribution in [-0.4, -0.2) is 25.6 Å². The van der Waals surface area contributed by atoms with Gasteiger partial charge in [0.25, 0.3) is 11.1 Å². The third kappa shape index (κ3) is 5.31. The number of aromatic nitrogens is 4. The van der Waals surface area contributed by atoms with E-state index in [1.54, 1.807) is 6.20 Å². The molecule has 138 valence electrons. The number of allylic oxidation sites excluding steroid dienone is 1. The zero-order valence-corrected chi connectivity index (χ0v) is 14.0. The first-order valence-electron chi connectivity index (χ1n) is 7.88. The molecule has 10 heteroatoms. The van der Waals surface area contributed by atoms with Crippen molar-refractivity contribution in [2.24, 2.45) is 11.5 Å². The average molecular weight is 360 g/mol. The molecule has 10 nitrogen and oxygen atoms in total. The summed E-state index contributed by atoms with van der Waals surface area (Å²) in [6.45, 7) is 0.459. The molecule has 2 rings (SSSR count). The lowest BCUT2D eigenvalue weighted by Gasteiger charge is -2.09. The fourth-order valence-electron chi connectivity index (χ4n) is 2.27. The third-order valence-electron chi connectivity index (χ3n) is 3.46. The van der Waals surface area contributed by atoms with Crippen molar-refractivity contribution in [2.75, 3.05) is 6.54 Å². The number of rotatable bonds is 7. The molecule has 0 amide bonds. The molecule has 0 fully saturated rings. The van der Waals surface area contributed by atoms with E-state index in [2.05, 4.69) is 9.97 Å². The van der Waals surface area contributed by atoms with Gasteiger partial charge in [0.15, 0.2) is 0 Å². The summed E-state index contributed by atoms with van der Waals surface area (Å²) < 4.78 is 2.40. The number of aromatic amines is 2. The van der Waals surface area contributed by atoms with E-state index >= 15 is 0 Å². The standard InChI is InChI=1S/C16H20N6O4/c17-5-1-2-11(9-21-6-3-13(23)19-15(21)25)8-12(18)10-22-7-4-14(24)20-16(22)26/h3-4,6-7,9-10H,1-2,5,8,17-18H2,(H,19,23,25)(H,20,24,26)/b11-9+,12-10-. The van der Waals surface area contributed by atoms with Gasteiger partial charge in [-0.05, 0) is 25.0 Å². The summed E-state index contributed by atoms with van der Waals surface area (Å²) in [7, 11) is 0. The summed E-state index contributed by atoms with van der Waals surface area (Å²) in [6.07, 6.45) is 7.16. The zero-order valence-electron chi connectivity index (χ0n) is 14.0. The van der Waals surface area contributed by atoms with Crippen LogP contribution in [0.3, 0.4) is 0 Å². The van der Waals surface area contributed by atoms with Crippen LogP contribution in [0.25, 0.3) is 12.4 Å². The van der Waals surface area contributed by atoms with Gasteiger partial charge in [-0.1, -0.05) is 0 Å². The summed E-state index contributed by atoms with van der Waals surface area (Å²) in [5.74, 6) is 0. The molecule has 0 aliphatic carbocycles. The zero-order chi connectivity index (χ0) is 19.1. The average Bonchev–Trinajstić information content (AvgIpc) is 2.57. The van der Waals surface area contributed by atoms with Crippen molar-refractivity contribution in [3.8, 4) is 0 Å². The molecule has 0 saturated heterocycles. The van der Waals surface area contributed by atoms with Gasteiger partial charge in [-0.3, -0.25) is 28.7 Å². The summed E-state index contributed by atoms with van der Waals surface area (Å²) >= 11 is 0. The van der Waals surface area contributed by atoms with Crippen LogP contribution in [0.1, 0.15) is 19.3 Å². The molecular weight excluding hydrogens is 340 g/mol. The molecule has 0 saturated carbocycles. The van der Waals surface area contributed by atoms with Crippen LogP contribution in [0.2, 0.25) is 0 Å². The number of H-pyrrole nitrogens is 2. The quantitative estimate of drug-likeness (QED) is 0.485. The minimum Gasteiger partial charge on any atom is -0.401 e. The van der Waals surface area contributed by atoms with E-state index < -0.39 is 22.5 Å². The van der Waals surface area contributed by atoms with E-state index in [1.165, 1.54) is 35.3 Å². The second kappa shape index (κ2) is 8.62. The molecule has 0 aliphatic rings. The van der Waals surface area contributed by atoms with E-state index in [4.69, 9.17) is 11.5 Å². The monoisotopic (exact) mass is 360 g/mol. The lowest BCUT2D eigenvalue weighted by molar-refractivity contribution is 0.795. The number of nitrogens with one attached hydrogen (secondary N) is 2. The number of hydrogen-bond acceptors (Lipinski definition) is 6. The molecule has 6 N–H and O–H groups in total. The first kappa shape index (κ1) is 18.9. The smallest absolute Gasteiger partial charge is 0.332 e. The molecule has 0 bridgehead atoms. The number of hydrogen-bond donors (Lipinski definition) is 4. The molecule has 2 heterocycles. The van der Waals surface area contributed by atoms with Crippen LogP contribution >= 0.6 is 0 Å². The van der Waals surface area contributed by atoms with Gasteiger partial charge in [0.1, 0.15) is 0 Å². The normalized spacial score (nSPS) is 12.3. The molecule has 0 aromatic carbocycles. The van der Waals surface area contributed by atoms with E-state index in [1.807, 2.05) is 0 Å². The van der Waals surface area contributed by atoms with E-state index in [0.29, 0.717) is 25.1 Å². The number of nitrogens with two attached hydrogens (primary N) is 2.